The minimum Gasteiger partial charge on any atom is -0.323 e. The van der Waals surface area contributed by atoms with Crippen LogP contribution in [0, 0.1) is 0 Å². The molecular formula is C19H22N2. The number of fused-ring (bicyclic) bond motifs is 3. The zero-order valence-corrected chi connectivity index (χ0v) is 12.3. The molecule has 2 aromatic rings. The van der Waals surface area contributed by atoms with Gasteiger partial charge in [0.15, 0.2) is 0 Å². The molecule has 1 aliphatic carbocycles. The summed E-state index contributed by atoms with van der Waals surface area (Å²) in [6.07, 6.45) is 2.24. The second kappa shape index (κ2) is 4.97. The Labute approximate surface area is 126 Å². The van der Waals surface area contributed by atoms with Crippen LogP contribution in [0.15, 0.2) is 54.6 Å². The van der Waals surface area contributed by atoms with Crippen LogP contribution in [0.5, 0.6) is 0 Å². The van der Waals surface area contributed by atoms with Gasteiger partial charge in [-0.25, -0.2) is 0 Å². The van der Waals surface area contributed by atoms with Gasteiger partial charge in [-0.2, -0.15) is 0 Å². The molecule has 2 atom stereocenters. The molecule has 21 heavy (non-hydrogen) atoms. The molecule has 1 fully saturated rings. The molecule has 2 N–H and O–H groups in total. The molecule has 0 radical (unpaired) electrons. The van der Waals surface area contributed by atoms with E-state index in [9.17, 15) is 0 Å². The maximum atomic E-state index is 6.78. The third kappa shape index (κ3) is 2.29. The number of benzene rings is 2. The minimum absolute atomic E-state index is 0.0386. The second-order valence-electron chi connectivity index (χ2n) is 6.64. The smallest absolute Gasteiger partial charge is 0.0368 e. The lowest BCUT2D eigenvalue weighted by atomic mass is 9.72. The lowest BCUT2D eigenvalue weighted by Crippen LogP contribution is -2.49. The second-order valence-corrected chi connectivity index (χ2v) is 6.64. The summed E-state index contributed by atoms with van der Waals surface area (Å²) in [5.41, 5.74) is 11.1. The van der Waals surface area contributed by atoms with Crippen molar-refractivity contribution in [3.63, 3.8) is 0 Å². The number of rotatable bonds is 2. The molecule has 0 spiro atoms. The molecule has 0 unspecified atom stereocenters. The number of hydrogen-bond acceptors (Lipinski definition) is 2. The molecule has 108 valence electrons. The fraction of sp³-hybridized carbons (Fsp3) is 0.368. The van der Waals surface area contributed by atoms with Crippen molar-refractivity contribution in [3.8, 4) is 0 Å². The monoisotopic (exact) mass is 278 g/mol. The van der Waals surface area contributed by atoms with Crippen molar-refractivity contribution in [2.24, 2.45) is 5.73 Å². The number of aryl methyl sites for hydroxylation is 1. The molecule has 1 heterocycles. The summed E-state index contributed by atoms with van der Waals surface area (Å²) in [5, 5.41) is 0. The third-order valence-electron chi connectivity index (χ3n) is 5.19. The van der Waals surface area contributed by atoms with E-state index in [2.05, 4.69) is 59.5 Å². The Hall–Kier alpha value is -1.64. The third-order valence-corrected chi connectivity index (χ3v) is 5.19. The van der Waals surface area contributed by atoms with Gasteiger partial charge in [0.05, 0.1) is 0 Å². The van der Waals surface area contributed by atoms with Crippen LogP contribution in [-0.4, -0.2) is 23.5 Å². The van der Waals surface area contributed by atoms with Crippen LogP contribution in [0.4, 0.5) is 0 Å². The van der Waals surface area contributed by atoms with Crippen LogP contribution in [0.25, 0.3) is 0 Å². The van der Waals surface area contributed by atoms with Crippen LogP contribution in [-0.2, 0) is 13.0 Å². The van der Waals surface area contributed by atoms with E-state index in [4.69, 9.17) is 5.73 Å². The quantitative estimate of drug-likeness (QED) is 0.915. The van der Waals surface area contributed by atoms with E-state index < -0.39 is 0 Å². The zero-order valence-electron chi connectivity index (χ0n) is 12.3. The number of nitrogens with zero attached hydrogens (tertiary/aromatic N) is 1. The summed E-state index contributed by atoms with van der Waals surface area (Å²) >= 11 is 0. The SMILES string of the molecule is N[C@]12CCc3ccccc3[C@H]1CN(Cc1ccccc1)C2. The molecule has 0 saturated carbocycles. The van der Waals surface area contributed by atoms with Crippen molar-refractivity contribution in [2.75, 3.05) is 13.1 Å². The Morgan fingerprint density at radius 3 is 2.67 bits per heavy atom. The van der Waals surface area contributed by atoms with Gasteiger partial charge in [0.25, 0.3) is 0 Å². The van der Waals surface area contributed by atoms with Gasteiger partial charge in [-0.15, -0.1) is 0 Å². The molecule has 1 saturated heterocycles. The van der Waals surface area contributed by atoms with Crippen molar-refractivity contribution in [1.29, 1.82) is 0 Å². The molecular weight excluding hydrogens is 256 g/mol. The first-order chi connectivity index (χ1) is 10.2. The van der Waals surface area contributed by atoms with Gasteiger partial charge in [-0.1, -0.05) is 54.6 Å². The first kappa shape index (κ1) is 13.1. The molecule has 0 amide bonds. The molecule has 4 rings (SSSR count). The van der Waals surface area contributed by atoms with Gasteiger partial charge in [0.2, 0.25) is 0 Å². The van der Waals surface area contributed by atoms with Crippen molar-refractivity contribution in [1.82, 2.24) is 4.90 Å². The lowest BCUT2D eigenvalue weighted by Gasteiger charge is -2.36. The number of likely N-dealkylation sites (tertiary alicyclic amines) is 1. The topological polar surface area (TPSA) is 29.3 Å². The average Bonchev–Trinajstić information content (AvgIpc) is 2.85. The first-order valence-corrected chi connectivity index (χ1v) is 7.88. The van der Waals surface area contributed by atoms with Crippen molar-refractivity contribution < 1.29 is 0 Å². The predicted octanol–water partition coefficient (Wildman–Crippen LogP) is 2.93. The lowest BCUT2D eigenvalue weighted by molar-refractivity contribution is 0.294. The van der Waals surface area contributed by atoms with E-state index in [1.807, 2.05) is 0 Å². The average molecular weight is 278 g/mol. The van der Waals surface area contributed by atoms with Crippen LogP contribution in [0.1, 0.15) is 29.0 Å². The maximum Gasteiger partial charge on any atom is 0.0368 e. The van der Waals surface area contributed by atoms with E-state index in [0.717, 1.165) is 32.5 Å². The molecule has 2 aliphatic rings. The highest BCUT2D eigenvalue weighted by Crippen LogP contribution is 2.43. The van der Waals surface area contributed by atoms with Gasteiger partial charge in [0, 0.05) is 31.1 Å². The van der Waals surface area contributed by atoms with E-state index in [1.165, 1.54) is 16.7 Å². The van der Waals surface area contributed by atoms with Crippen LogP contribution >= 0.6 is 0 Å². The molecule has 0 aromatic heterocycles. The largest absolute Gasteiger partial charge is 0.323 e. The number of nitrogens with two attached hydrogens (primary N) is 1. The van der Waals surface area contributed by atoms with Crippen molar-refractivity contribution in [3.05, 3.63) is 71.3 Å². The van der Waals surface area contributed by atoms with Crippen LogP contribution in [0.2, 0.25) is 0 Å². The Balaban J connectivity index is 1.59. The molecule has 2 heteroatoms. The summed E-state index contributed by atoms with van der Waals surface area (Å²) in [4.78, 5) is 2.53. The summed E-state index contributed by atoms with van der Waals surface area (Å²) < 4.78 is 0. The fourth-order valence-corrected chi connectivity index (χ4v) is 4.12. The molecule has 1 aliphatic heterocycles. The number of hydrogen-bond donors (Lipinski definition) is 1. The standard InChI is InChI=1S/C19H22N2/c20-19-11-10-16-8-4-5-9-17(16)18(19)13-21(14-19)12-15-6-2-1-3-7-15/h1-9,18H,10-14,20H2/t18-,19+/m1/s1. The summed E-state index contributed by atoms with van der Waals surface area (Å²) in [6, 6.07) is 19.6. The van der Waals surface area contributed by atoms with Gasteiger partial charge in [-0.3, -0.25) is 4.90 Å². The highest BCUT2D eigenvalue weighted by atomic mass is 15.2. The van der Waals surface area contributed by atoms with E-state index in [1.54, 1.807) is 0 Å². The highest BCUT2D eigenvalue weighted by Gasteiger charge is 2.46. The summed E-state index contributed by atoms with van der Waals surface area (Å²) in [7, 11) is 0. The van der Waals surface area contributed by atoms with Gasteiger partial charge in [0.1, 0.15) is 0 Å². The van der Waals surface area contributed by atoms with Gasteiger partial charge >= 0.3 is 0 Å². The van der Waals surface area contributed by atoms with Crippen LogP contribution < -0.4 is 5.73 Å². The van der Waals surface area contributed by atoms with Gasteiger partial charge < -0.3 is 5.73 Å². The Kier molecular flexibility index (Phi) is 3.09. The maximum absolute atomic E-state index is 6.78. The Morgan fingerprint density at radius 1 is 1.05 bits per heavy atom. The normalized spacial score (nSPS) is 28.1. The molecule has 0 bridgehead atoms. The van der Waals surface area contributed by atoms with Crippen molar-refractivity contribution >= 4 is 0 Å². The first-order valence-electron chi connectivity index (χ1n) is 7.88. The predicted molar refractivity (Wildman–Crippen MR) is 86.1 cm³/mol. The molecule has 2 nitrogen and oxygen atoms in total. The zero-order chi connectivity index (χ0) is 14.3. The minimum atomic E-state index is -0.0386. The fourth-order valence-electron chi connectivity index (χ4n) is 4.12. The Morgan fingerprint density at radius 2 is 1.81 bits per heavy atom. The van der Waals surface area contributed by atoms with E-state index in [-0.39, 0.29) is 5.54 Å². The summed E-state index contributed by atoms with van der Waals surface area (Å²) in [5.74, 6) is 0.492. The molecule has 2 aromatic carbocycles. The van der Waals surface area contributed by atoms with Gasteiger partial charge in [-0.05, 0) is 29.5 Å². The highest BCUT2D eigenvalue weighted by molar-refractivity contribution is 5.38. The summed E-state index contributed by atoms with van der Waals surface area (Å²) in [6.45, 7) is 3.11. The van der Waals surface area contributed by atoms with E-state index in [0.29, 0.717) is 5.92 Å². The van der Waals surface area contributed by atoms with Crippen LogP contribution in [0.3, 0.4) is 0 Å². The Bertz CT molecular complexity index is 637. The van der Waals surface area contributed by atoms with E-state index >= 15 is 0 Å². The van der Waals surface area contributed by atoms with Crippen molar-refractivity contribution in [2.45, 2.75) is 30.8 Å².